The van der Waals surface area contributed by atoms with Crippen LogP contribution in [0, 0.1) is 0 Å². The number of nitrogens with two attached hydrogens (primary N) is 1. The second-order valence-electron chi connectivity index (χ2n) is 3.83. The van der Waals surface area contributed by atoms with Crippen LogP contribution in [0.5, 0.6) is 0 Å². The van der Waals surface area contributed by atoms with E-state index < -0.39 is 0 Å². The van der Waals surface area contributed by atoms with Gasteiger partial charge in [-0.2, -0.15) is 0 Å². The Hall–Kier alpha value is -1.55. The zero-order valence-corrected chi connectivity index (χ0v) is 8.83. The highest BCUT2D eigenvalue weighted by atomic mass is 14.9. The molecule has 0 saturated heterocycles. The molecule has 4 N–H and O–H groups in total. The van der Waals surface area contributed by atoms with Gasteiger partial charge in [0.05, 0.1) is 17.4 Å². The fourth-order valence-electron chi connectivity index (χ4n) is 1.49. The molecule has 2 aromatic rings. The number of hydrogen-bond acceptors (Lipinski definition) is 3. The Labute approximate surface area is 88.9 Å². The molecule has 0 spiro atoms. The van der Waals surface area contributed by atoms with Gasteiger partial charge in [-0.05, 0) is 31.5 Å². The predicted octanol–water partition coefficient (Wildman–Crippen LogP) is 1.71. The molecular weight excluding hydrogens is 188 g/mol. The molecule has 1 atom stereocenters. The van der Waals surface area contributed by atoms with Crippen LogP contribution in [0.15, 0.2) is 24.5 Å². The summed E-state index contributed by atoms with van der Waals surface area (Å²) in [5.74, 6) is 0. The molecule has 0 amide bonds. The van der Waals surface area contributed by atoms with Crippen LogP contribution >= 0.6 is 0 Å². The van der Waals surface area contributed by atoms with Crippen molar-refractivity contribution in [2.24, 2.45) is 5.73 Å². The summed E-state index contributed by atoms with van der Waals surface area (Å²) in [6, 6.07) is 6.34. The highest BCUT2D eigenvalue weighted by molar-refractivity contribution is 5.78. The standard InChI is InChI=1S/C11H16N4/c1-8(12)4-5-13-9-2-3-10-11(6-9)15-7-14-10/h2-3,6-8,13H,4-5,12H2,1H3,(H,14,15). The van der Waals surface area contributed by atoms with Crippen LogP contribution in [0.1, 0.15) is 13.3 Å². The van der Waals surface area contributed by atoms with Gasteiger partial charge in [-0.25, -0.2) is 4.98 Å². The molecule has 0 fully saturated rings. The Morgan fingerprint density at radius 2 is 2.40 bits per heavy atom. The van der Waals surface area contributed by atoms with E-state index in [9.17, 15) is 0 Å². The topological polar surface area (TPSA) is 66.7 Å². The van der Waals surface area contributed by atoms with Crippen molar-refractivity contribution in [2.45, 2.75) is 19.4 Å². The molecule has 0 bridgehead atoms. The van der Waals surface area contributed by atoms with E-state index >= 15 is 0 Å². The van der Waals surface area contributed by atoms with Crippen LogP contribution in [0.4, 0.5) is 5.69 Å². The van der Waals surface area contributed by atoms with E-state index in [1.165, 1.54) is 0 Å². The van der Waals surface area contributed by atoms with Crippen LogP contribution < -0.4 is 11.1 Å². The SMILES string of the molecule is CC(N)CCNc1ccc2nc[nH]c2c1. The Kier molecular flexibility index (Phi) is 2.87. The molecule has 0 aliphatic heterocycles. The molecule has 15 heavy (non-hydrogen) atoms. The molecule has 80 valence electrons. The Bertz CT molecular complexity index is 433. The highest BCUT2D eigenvalue weighted by Gasteiger charge is 1.98. The van der Waals surface area contributed by atoms with E-state index in [0.717, 1.165) is 29.7 Å². The van der Waals surface area contributed by atoms with E-state index in [4.69, 9.17) is 5.73 Å². The number of nitrogens with one attached hydrogen (secondary N) is 2. The van der Waals surface area contributed by atoms with E-state index in [1.54, 1.807) is 6.33 Å². The minimum absolute atomic E-state index is 0.244. The van der Waals surface area contributed by atoms with Crippen molar-refractivity contribution in [2.75, 3.05) is 11.9 Å². The van der Waals surface area contributed by atoms with Crippen molar-refractivity contribution in [1.82, 2.24) is 9.97 Å². The predicted molar refractivity (Wildman–Crippen MR) is 62.8 cm³/mol. The minimum atomic E-state index is 0.244. The van der Waals surface area contributed by atoms with Crippen molar-refractivity contribution >= 4 is 16.7 Å². The van der Waals surface area contributed by atoms with Gasteiger partial charge in [-0.1, -0.05) is 0 Å². The van der Waals surface area contributed by atoms with Crippen molar-refractivity contribution in [3.8, 4) is 0 Å². The second kappa shape index (κ2) is 4.31. The van der Waals surface area contributed by atoms with Crippen molar-refractivity contribution in [1.29, 1.82) is 0 Å². The molecule has 1 aromatic carbocycles. The van der Waals surface area contributed by atoms with Gasteiger partial charge in [0.1, 0.15) is 0 Å². The van der Waals surface area contributed by atoms with Gasteiger partial charge in [-0.15, -0.1) is 0 Å². The molecule has 0 aliphatic rings. The van der Waals surface area contributed by atoms with Crippen LogP contribution in [-0.4, -0.2) is 22.6 Å². The van der Waals surface area contributed by atoms with E-state index in [-0.39, 0.29) is 6.04 Å². The van der Waals surface area contributed by atoms with Crippen molar-refractivity contribution in [3.05, 3.63) is 24.5 Å². The van der Waals surface area contributed by atoms with Gasteiger partial charge in [0.25, 0.3) is 0 Å². The lowest BCUT2D eigenvalue weighted by Gasteiger charge is -2.08. The van der Waals surface area contributed by atoms with Crippen LogP contribution in [0.25, 0.3) is 11.0 Å². The molecule has 0 saturated carbocycles. The third kappa shape index (κ3) is 2.47. The number of H-pyrrole nitrogens is 1. The highest BCUT2D eigenvalue weighted by Crippen LogP contribution is 2.15. The molecule has 1 aromatic heterocycles. The van der Waals surface area contributed by atoms with Gasteiger partial charge in [0.2, 0.25) is 0 Å². The molecule has 4 nitrogen and oxygen atoms in total. The van der Waals surface area contributed by atoms with Gasteiger partial charge in [0.15, 0.2) is 0 Å². The maximum absolute atomic E-state index is 5.67. The Balaban J connectivity index is 2.02. The number of benzene rings is 1. The largest absolute Gasteiger partial charge is 0.385 e. The summed E-state index contributed by atoms with van der Waals surface area (Å²) in [4.78, 5) is 7.25. The third-order valence-electron chi connectivity index (χ3n) is 2.35. The summed E-state index contributed by atoms with van der Waals surface area (Å²) >= 11 is 0. The Morgan fingerprint density at radius 1 is 1.53 bits per heavy atom. The van der Waals surface area contributed by atoms with Gasteiger partial charge >= 0.3 is 0 Å². The second-order valence-corrected chi connectivity index (χ2v) is 3.83. The molecular formula is C11H16N4. The lowest BCUT2D eigenvalue weighted by Crippen LogP contribution is -2.19. The van der Waals surface area contributed by atoms with Crippen LogP contribution in [-0.2, 0) is 0 Å². The zero-order chi connectivity index (χ0) is 10.7. The first-order valence-corrected chi connectivity index (χ1v) is 5.18. The first-order valence-electron chi connectivity index (χ1n) is 5.18. The number of nitrogens with zero attached hydrogens (tertiary/aromatic N) is 1. The third-order valence-corrected chi connectivity index (χ3v) is 2.35. The summed E-state index contributed by atoms with van der Waals surface area (Å²) in [6.45, 7) is 2.91. The first-order chi connectivity index (χ1) is 7.25. The number of rotatable bonds is 4. The summed E-state index contributed by atoms with van der Waals surface area (Å²) in [5, 5.41) is 3.33. The fourth-order valence-corrected chi connectivity index (χ4v) is 1.49. The maximum atomic E-state index is 5.67. The van der Waals surface area contributed by atoms with Crippen molar-refractivity contribution < 1.29 is 0 Å². The summed E-state index contributed by atoms with van der Waals surface area (Å²) < 4.78 is 0. The summed E-state index contributed by atoms with van der Waals surface area (Å²) in [7, 11) is 0. The quantitative estimate of drug-likeness (QED) is 0.710. The van der Waals surface area contributed by atoms with Crippen molar-refractivity contribution in [3.63, 3.8) is 0 Å². The monoisotopic (exact) mass is 204 g/mol. The number of aromatic amines is 1. The Morgan fingerprint density at radius 3 is 3.20 bits per heavy atom. The van der Waals surface area contributed by atoms with Gasteiger partial charge in [-0.3, -0.25) is 0 Å². The smallest absolute Gasteiger partial charge is 0.0931 e. The lowest BCUT2D eigenvalue weighted by atomic mass is 10.2. The number of hydrogen-bond donors (Lipinski definition) is 3. The number of anilines is 1. The zero-order valence-electron chi connectivity index (χ0n) is 8.83. The number of aromatic nitrogens is 2. The average molecular weight is 204 g/mol. The number of imidazole rings is 1. The molecule has 1 unspecified atom stereocenters. The van der Waals surface area contributed by atoms with E-state index in [1.807, 2.05) is 19.1 Å². The average Bonchev–Trinajstić information content (AvgIpc) is 2.64. The minimum Gasteiger partial charge on any atom is -0.385 e. The first kappa shape index (κ1) is 9.98. The molecule has 2 rings (SSSR count). The van der Waals surface area contributed by atoms with Gasteiger partial charge < -0.3 is 16.0 Å². The normalized spacial score (nSPS) is 12.9. The number of fused-ring (bicyclic) bond motifs is 1. The van der Waals surface area contributed by atoms with Crippen LogP contribution in [0.2, 0.25) is 0 Å². The molecule has 0 aliphatic carbocycles. The molecule has 4 heteroatoms. The molecule has 0 radical (unpaired) electrons. The maximum Gasteiger partial charge on any atom is 0.0931 e. The van der Waals surface area contributed by atoms with E-state index in [2.05, 4.69) is 21.4 Å². The summed E-state index contributed by atoms with van der Waals surface area (Å²) in [6.07, 6.45) is 2.68. The van der Waals surface area contributed by atoms with E-state index in [0.29, 0.717) is 0 Å². The summed E-state index contributed by atoms with van der Waals surface area (Å²) in [5.41, 5.74) is 8.83. The van der Waals surface area contributed by atoms with Crippen LogP contribution in [0.3, 0.4) is 0 Å². The van der Waals surface area contributed by atoms with Gasteiger partial charge in [0, 0.05) is 18.3 Å². The fraction of sp³-hybridized carbons (Fsp3) is 0.364. The molecule has 1 heterocycles. The lowest BCUT2D eigenvalue weighted by molar-refractivity contribution is 0.690.